The third-order valence-electron chi connectivity index (χ3n) is 3.27. The van der Waals surface area contributed by atoms with Crippen LogP contribution in [0.5, 0.6) is 0 Å². The molecule has 16 heavy (non-hydrogen) atoms. The largest absolute Gasteiger partial charge is 0.348 e. The van der Waals surface area contributed by atoms with E-state index < -0.39 is 0 Å². The Morgan fingerprint density at radius 2 is 2.12 bits per heavy atom. The first-order valence-electron chi connectivity index (χ1n) is 5.63. The molecule has 0 aliphatic carbocycles. The van der Waals surface area contributed by atoms with Crippen LogP contribution in [0.2, 0.25) is 0 Å². The molecule has 0 saturated heterocycles. The molecule has 0 aliphatic rings. The molecule has 0 fully saturated rings. The first kappa shape index (κ1) is 10.8. The van der Waals surface area contributed by atoms with Crippen LogP contribution in [-0.4, -0.2) is 4.57 Å². The van der Waals surface area contributed by atoms with Crippen molar-refractivity contribution in [2.75, 3.05) is 0 Å². The fourth-order valence-corrected chi connectivity index (χ4v) is 2.12. The number of hydrogen-bond donors (Lipinski definition) is 0. The van der Waals surface area contributed by atoms with Crippen molar-refractivity contribution in [2.24, 2.45) is 7.05 Å². The molecule has 2 rings (SSSR count). The van der Waals surface area contributed by atoms with E-state index in [2.05, 4.69) is 48.9 Å². The number of fused-ring (bicyclic) bond motifs is 1. The van der Waals surface area contributed by atoms with Crippen LogP contribution in [-0.2, 0) is 7.05 Å². The topological polar surface area (TPSA) is 28.7 Å². The molecule has 2 aromatic rings. The number of rotatable bonds is 2. The molecule has 1 unspecified atom stereocenters. The van der Waals surface area contributed by atoms with Crippen molar-refractivity contribution in [3.63, 3.8) is 0 Å². The van der Waals surface area contributed by atoms with Gasteiger partial charge in [-0.2, -0.15) is 5.26 Å². The Morgan fingerprint density at radius 1 is 1.38 bits per heavy atom. The van der Waals surface area contributed by atoms with Crippen LogP contribution in [0.4, 0.5) is 0 Å². The van der Waals surface area contributed by atoms with E-state index >= 15 is 0 Å². The van der Waals surface area contributed by atoms with Gasteiger partial charge in [-0.1, -0.05) is 13.0 Å². The fraction of sp³-hybridized carbons (Fsp3) is 0.357. The Hall–Kier alpha value is -1.75. The highest BCUT2D eigenvalue weighted by Gasteiger charge is 2.10. The van der Waals surface area contributed by atoms with Crippen LogP contribution in [0, 0.1) is 18.3 Å². The third kappa shape index (κ3) is 1.59. The second-order valence-electron chi connectivity index (χ2n) is 4.25. The lowest BCUT2D eigenvalue weighted by molar-refractivity contribution is 0.819. The minimum Gasteiger partial charge on any atom is -0.348 e. The van der Waals surface area contributed by atoms with E-state index in [0.717, 1.165) is 12.0 Å². The molecule has 0 radical (unpaired) electrons. The van der Waals surface area contributed by atoms with Gasteiger partial charge in [0.15, 0.2) is 0 Å². The summed E-state index contributed by atoms with van der Waals surface area (Å²) in [5, 5.41) is 10.3. The zero-order chi connectivity index (χ0) is 11.7. The van der Waals surface area contributed by atoms with Gasteiger partial charge in [-0.05, 0) is 37.1 Å². The maximum absolute atomic E-state index is 9.06. The van der Waals surface area contributed by atoms with Gasteiger partial charge in [-0.25, -0.2) is 0 Å². The van der Waals surface area contributed by atoms with Crippen molar-refractivity contribution >= 4 is 10.9 Å². The van der Waals surface area contributed by atoms with Crippen LogP contribution < -0.4 is 0 Å². The maximum atomic E-state index is 9.06. The van der Waals surface area contributed by atoms with Crippen LogP contribution in [0.1, 0.15) is 30.5 Å². The summed E-state index contributed by atoms with van der Waals surface area (Å²) in [6, 6.07) is 10.8. The third-order valence-corrected chi connectivity index (χ3v) is 3.27. The molecule has 0 N–H and O–H groups in total. The first-order chi connectivity index (χ1) is 7.67. The molecule has 0 spiro atoms. The Morgan fingerprint density at radius 3 is 2.75 bits per heavy atom. The van der Waals surface area contributed by atoms with Gasteiger partial charge < -0.3 is 4.57 Å². The molecule has 2 nitrogen and oxygen atoms in total. The number of hydrogen-bond acceptors (Lipinski definition) is 1. The molecule has 0 saturated carbocycles. The summed E-state index contributed by atoms with van der Waals surface area (Å²) >= 11 is 0. The molecular formula is C14H16N2. The van der Waals surface area contributed by atoms with Gasteiger partial charge >= 0.3 is 0 Å². The minimum absolute atomic E-state index is 0.0184. The SMILES string of the molecule is CCC(C#N)c1ccc2c(c1)cc(C)n2C. The number of benzene rings is 1. The number of nitrogens with zero attached hydrogens (tertiary/aromatic N) is 2. The summed E-state index contributed by atoms with van der Waals surface area (Å²) in [6.07, 6.45) is 0.869. The van der Waals surface area contributed by atoms with Crippen molar-refractivity contribution in [1.29, 1.82) is 5.26 Å². The predicted octanol–water partition coefficient (Wildman–Crippen LogP) is 3.50. The van der Waals surface area contributed by atoms with Crippen molar-refractivity contribution in [1.82, 2.24) is 4.57 Å². The molecular weight excluding hydrogens is 196 g/mol. The van der Waals surface area contributed by atoms with Gasteiger partial charge in [-0.3, -0.25) is 0 Å². The van der Waals surface area contributed by atoms with Crippen LogP contribution >= 0.6 is 0 Å². The maximum Gasteiger partial charge on any atom is 0.0710 e. The zero-order valence-corrected chi connectivity index (χ0v) is 9.99. The van der Waals surface area contributed by atoms with E-state index in [4.69, 9.17) is 5.26 Å². The summed E-state index contributed by atoms with van der Waals surface area (Å²) < 4.78 is 2.17. The Kier molecular flexibility index (Phi) is 2.70. The smallest absolute Gasteiger partial charge is 0.0710 e. The zero-order valence-electron chi connectivity index (χ0n) is 9.99. The van der Waals surface area contributed by atoms with Gasteiger partial charge in [0.1, 0.15) is 0 Å². The summed E-state index contributed by atoms with van der Waals surface area (Å²) in [7, 11) is 2.07. The molecule has 82 valence electrons. The number of aromatic nitrogens is 1. The molecule has 0 amide bonds. The Balaban J connectivity index is 2.57. The normalized spacial score (nSPS) is 12.6. The lowest BCUT2D eigenvalue weighted by Gasteiger charge is -2.06. The minimum atomic E-state index is 0.0184. The average Bonchev–Trinajstić information content (AvgIpc) is 2.56. The Bertz CT molecular complexity index is 558. The van der Waals surface area contributed by atoms with Gasteiger partial charge in [0, 0.05) is 23.6 Å². The average molecular weight is 212 g/mol. The lowest BCUT2D eigenvalue weighted by Crippen LogP contribution is -1.94. The van der Waals surface area contributed by atoms with Gasteiger partial charge in [0.2, 0.25) is 0 Å². The van der Waals surface area contributed by atoms with Gasteiger partial charge in [-0.15, -0.1) is 0 Å². The number of aryl methyl sites for hydroxylation is 2. The monoisotopic (exact) mass is 212 g/mol. The highest BCUT2D eigenvalue weighted by molar-refractivity contribution is 5.82. The summed E-state index contributed by atoms with van der Waals surface area (Å²) in [6.45, 7) is 4.15. The molecule has 1 atom stereocenters. The second-order valence-corrected chi connectivity index (χ2v) is 4.25. The summed E-state index contributed by atoms with van der Waals surface area (Å²) in [5.41, 5.74) is 3.61. The molecule has 1 aromatic carbocycles. The Labute approximate surface area is 96.1 Å². The van der Waals surface area contributed by atoms with Crippen LogP contribution in [0.3, 0.4) is 0 Å². The molecule has 0 bridgehead atoms. The quantitative estimate of drug-likeness (QED) is 0.749. The fourth-order valence-electron chi connectivity index (χ4n) is 2.12. The summed E-state index contributed by atoms with van der Waals surface area (Å²) in [4.78, 5) is 0. The van der Waals surface area contributed by atoms with Crippen molar-refractivity contribution in [2.45, 2.75) is 26.2 Å². The second kappa shape index (κ2) is 4.02. The standard InChI is InChI=1S/C14H16N2/c1-4-11(9-15)12-5-6-14-13(8-12)7-10(2)16(14)3/h5-8,11H,4H2,1-3H3. The highest BCUT2D eigenvalue weighted by Crippen LogP contribution is 2.25. The van der Waals surface area contributed by atoms with Gasteiger partial charge in [0.05, 0.1) is 12.0 Å². The van der Waals surface area contributed by atoms with Crippen LogP contribution in [0.25, 0.3) is 10.9 Å². The molecule has 0 aliphatic heterocycles. The number of nitriles is 1. The predicted molar refractivity (Wildman–Crippen MR) is 66.3 cm³/mol. The molecule has 1 heterocycles. The van der Waals surface area contributed by atoms with Crippen molar-refractivity contribution in [3.8, 4) is 6.07 Å². The highest BCUT2D eigenvalue weighted by atomic mass is 14.9. The van der Waals surface area contributed by atoms with E-state index in [9.17, 15) is 0 Å². The van der Waals surface area contributed by atoms with Gasteiger partial charge in [0.25, 0.3) is 0 Å². The first-order valence-corrected chi connectivity index (χ1v) is 5.63. The van der Waals surface area contributed by atoms with Crippen molar-refractivity contribution in [3.05, 3.63) is 35.5 Å². The summed E-state index contributed by atoms with van der Waals surface area (Å²) in [5.74, 6) is 0.0184. The molecule has 2 heteroatoms. The molecule has 1 aromatic heterocycles. The van der Waals surface area contributed by atoms with E-state index in [-0.39, 0.29) is 5.92 Å². The van der Waals surface area contributed by atoms with Crippen molar-refractivity contribution < 1.29 is 0 Å². The van der Waals surface area contributed by atoms with E-state index in [1.165, 1.54) is 16.6 Å². The van der Waals surface area contributed by atoms with Crippen LogP contribution in [0.15, 0.2) is 24.3 Å². The van der Waals surface area contributed by atoms with E-state index in [1.54, 1.807) is 0 Å². The lowest BCUT2D eigenvalue weighted by atomic mass is 9.97. The van der Waals surface area contributed by atoms with E-state index in [0.29, 0.717) is 0 Å². The van der Waals surface area contributed by atoms with E-state index in [1.807, 2.05) is 6.92 Å².